The Morgan fingerprint density at radius 1 is 1.20 bits per heavy atom. The number of benzene rings is 1. The van der Waals surface area contributed by atoms with Crippen molar-refractivity contribution in [3.05, 3.63) is 51.9 Å². The second kappa shape index (κ2) is 11.6. The van der Waals surface area contributed by atoms with Crippen LogP contribution < -0.4 is 5.56 Å². The molecule has 3 aromatic rings. The van der Waals surface area contributed by atoms with Gasteiger partial charge in [-0.3, -0.25) is 9.59 Å². The lowest BCUT2D eigenvalue weighted by Gasteiger charge is -2.19. The van der Waals surface area contributed by atoms with Crippen molar-refractivity contribution in [2.75, 3.05) is 20.3 Å². The summed E-state index contributed by atoms with van der Waals surface area (Å²) in [5.74, 6) is 0.0834. The summed E-state index contributed by atoms with van der Waals surface area (Å²) in [5.41, 5.74) is 4.31. The van der Waals surface area contributed by atoms with Crippen molar-refractivity contribution >= 4 is 17.0 Å². The van der Waals surface area contributed by atoms with Crippen LogP contribution in [-0.2, 0) is 34.3 Å². The number of esters is 1. The predicted octanol–water partition coefficient (Wildman–Crippen LogP) is 3.49. The van der Waals surface area contributed by atoms with Crippen molar-refractivity contribution in [2.24, 2.45) is 18.9 Å². The summed E-state index contributed by atoms with van der Waals surface area (Å²) >= 11 is 0. The lowest BCUT2D eigenvalue weighted by molar-refractivity contribution is -0.153. The summed E-state index contributed by atoms with van der Waals surface area (Å²) in [5, 5.41) is 10.2. The number of carbonyl (C=O) groups excluding carboxylic acids is 1. The average Bonchev–Trinajstić information content (AvgIpc) is 3.17. The van der Waals surface area contributed by atoms with E-state index in [1.165, 1.54) is 0 Å². The van der Waals surface area contributed by atoms with Crippen LogP contribution in [0.15, 0.2) is 35.3 Å². The van der Waals surface area contributed by atoms with Gasteiger partial charge in [-0.15, -0.1) is 0 Å². The molecule has 8 nitrogen and oxygen atoms in total. The molecule has 0 saturated heterocycles. The molecule has 3 rings (SSSR count). The van der Waals surface area contributed by atoms with Gasteiger partial charge in [0.15, 0.2) is 0 Å². The van der Waals surface area contributed by atoms with Crippen molar-refractivity contribution in [1.29, 1.82) is 0 Å². The molecule has 0 aliphatic rings. The first-order valence-electron chi connectivity index (χ1n) is 12.1. The van der Waals surface area contributed by atoms with Crippen LogP contribution in [0.5, 0.6) is 0 Å². The summed E-state index contributed by atoms with van der Waals surface area (Å²) < 4.78 is 14.4. The topological polar surface area (TPSA) is 95.6 Å². The van der Waals surface area contributed by atoms with E-state index in [4.69, 9.17) is 14.5 Å². The summed E-state index contributed by atoms with van der Waals surface area (Å²) in [6.45, 7) is 8.89. The molecular weight excluding hydrogens is 446 g/mol. The SMILES string of the molecule is COCCn1c(-c2cc(C)c(=O)n(C)c2)nc2cc(CCC(C(=O)OCC(C)C)[C@@H](C)O)ccc21. The number of hydrogen-bond acceptors (Lipinski definition) is 6. The monoisotopic (exact) mass is 483 g/mol. The molecule has 0 radical (unpaired) electrons. The Labute approximate surface area is 206 Å². The first-order valence-corrected chi connectivity index (χ1v) is 12.1. The zero-order chi connectivity index (χ0) is 25.7. The quantitative estimate of drug-likeness (QED) is 0.420. The molecule has 2 atom stereocenters. The number of carbonyl (C=O) groups is 1. The number of aliphatic hydroxyl groups excluding tert-OH is 1. The van der Waals surface area contributed by atoms with E-state index in [1.807, 2.05) is 38.1 Å². The number of ether oxygens (including phenoxy) is 2. The number of methoxy groups -OCH3 is 1. The maximum absolute atomic E-state index is 12.5. The van der Waals surface area contributed by atoms with Gasteiger partial charge in [0.2, 0.25) is 0 Å². The van der Waals surface area contributed by atoms with Crippen LogP contribution in [0, 0.1) is 18.8 Å². The van der Waals surface area contributed by atoms with Gasteiger partial charge in [-0.1, -0.05) is 19.9 Å². The van der Waals surface area contributed by atoms with Crippen LogP contribution in [0.1, 0.15) is 38.3 Å². The van der Waals surface area contributed by atoms with Crippen LogP contribution >= 0.6 is 0 Å². The molecule has 0 fully saturated rings. The minimum Gasteiger partial charge on any atom is -0.465 e. The molecule has 0 aliphatic heterocycles. The molecule has 0 bridgehead atoms. The third-order valence-corrected chi connectivity index (χ3v) is 6.14. The first-order chi connectivity index (χ1) is 16.6. The van der Waals surface area contributed by atoms with E-state index < -0.39 is 12.0 Å². The Balaban J connectivity index is 1.90. The number of fused-ring (bicyclic) bond motifs is 1. The number of pyridine rings is 1. The van der Waals surface area contributed by atoms with Gasteiger partial charge in [-0.25, -0.2) is 4.98 Å². The predicted molar refractivity (Wildman–Crippen MR) is 136 cm³/mol. The number of nitrogens with zero attached hydrogens (tertiary/aromatic N) is 3. The van der Waals surface area contributed by atoms with Gasteiger partial charge < -0.3 is 23.7 Å². The lowest BCUT2D eigenvalue weighted by Crippen LogP contribution is -2.29. The standard InChI is InChI=1S/C27H37N3O5/c1-17(2)16-35-27(33)22(19(4)31)9-7-20-8-10-24-23(14-20)28-25(30(24)11-12-34-6)21-13-18(3)26(32)29(5)15-21/h8,10,13-15,17,19,22,31H,7,9,11-12,16H2,1-6H3/t19-,22?/m1/s1. The number of aliphatic hydroxyl groups is 1. The fraction of sp³-hybridized carbons (Fsp3) is 0.519. The second-order valence-corrected chi connectivity index (χ2v) is 9.64. The minimum atomic E-state index is -0.786. The van der Waals surface area contributed by atoms with E-state index in [2.05, 4.69) is 4.57 Å². The Morgan fingerprint density at radius 2 is 1.94 bits per heavy atom. The van der Waals surface area contributed by atoms with Crippen molar-refractivity contribution in [1.82, 2.24) is 14.1 Å². The van der Waals surface area contributed by atoms with Crippen LogP contribution in [-0.4, -0.2) is 51.6 Å². The largest absolute Gasteiger partial charge is 0.465 e. The van der Waals surface area contributed by atoms with Crippen LogP contribution in [0.25, 0.3) is 22.4 Å². The molecule has 0 aliphatic carbocycles. The molecular formula is C27H37N3O5. The lowest BCUT2D eigenvalue weighted by atomic mass is 9.95. The van der Waals surface area contributed by atoms with Gasteiger partial charge in [0, 0.05) is 38.0 Å². The Morgan fingerprint density at radius 3 is 2.57 bits per heavy atom. The smallest absolute Gasteiger partial charge is 0.311 e. The van der Waals surface area contributed by atoms with Crippen LogP contribution in [0.2, 0.25) is 0 Å². The van der Waals surface area contributed by atoms with Crippen molar-refractivity contribution in [3.8, 4) is 11.4 Å². The summed E-state index contributed by atoms with van der Waals surface area (Å²) in [7, 11) is 3.40. The third-order valence-electron chi connectivity index (χ3n) is 6.14. The fourth-order valence-electron chi connectivity index (χ4n) is 4.19. The number of aryl methyl sites for hydroxylation is 3. The molecule has 0 saturated carbocycles. The van der Waals surface area contributed by atoms with E-state index in [0.717, 1.165) is 28.0 Å². The summed E-state index contributed by atoms with van der Waals surface area (Å²) in [6, 6.07) is 7.95. The summed E-state index contributed by atoms with van der Waals surface area (Å²) in [6.07, 6.45) is 2.11. The maximum Gasteiger partial charge on any atom is 0.311 e. The van der Waals surface area contributed by atoms with E-state index in [0.29, 0.717) is 38.2 Å². The Hall–Kier alpha value is -2.97. The number of imidazole rings is 1. The van der Waals surface area contributed by atoms with Gasteiger partial charge in [-0.2, -0.15) is 0 Å². The van der Waals surface area contributed by atoms with Crippen LogP contribution in [0.3, 0.4) is 0 Å². The number of aromatic nitrogens is 3. The van der Waals surface area contributed by atoms with Crippen molar-refractivity contribution in [3.63, 3.8) is 0 Å². The molecule has 0 amide bonds. The molecule has 1 aromatic carbocycles. The van der Waals surface area contributed by atoms with Gasteiger partial charge in [-0.05, 0) is 56.4 Å². The normalized spacial score (nSPS) is 13.4. The Kier molecular flexibility index (Phi) is 8.86. The average molecular weight is 484 g/mol. The van der Waals surface area contributed by atoms with E-state index in [1.54, 1.807) is 38.8 Å². The molecule has 1 N–H and O–H groups in total. The molecule has 2 aromatic heterocycles. The molecule has 1 unspecified atom stereocenters. The maximum atomic E-state index is 12.5. The second-order valence-electron chi connectivity index (χ2n) is 9.64. The number of hydrogen-bond donors (Lipinski definition) is 1. The molecule has 2 heterocycles. The van der Waals surface area contributed by atoms with Crippen LogP contribution in [0.4, 0.5) is 0 Å². The highest BCUT2D eigenvalue weighted by Crippen LogP contribution is 2.27. The molecule has 190 valence electrons. The zero-order valence-corrected chi connectivity index (χ0v) is 21.6. The minimum absolute atomic E-state index is 0.0322. The van der Waals surface area contributed by atoms with Crippen molar-refractivity contribution in [2.45, 2.75) is 53.2 Å². The van der Waals surface area contributed by atoms with E-state index in [-0.39, 0.29) is 17.4 Å². The molecule has 8 heteroatoms. The fourth-order valence-corrected chi connectivity index (χ4v) is 4.19. The molecule has 0 spiro atoms. The third kappa shape index (κ3) is 6.38. The zero-order valence-electron chi connectivity index (χ0n) is 21.6. The highest BCUT2D eigenvalue weighted by Gasteiger charge is 2.25. The van der Waals surface area contributed by atoms with Gasteiger partial charge in [0.1, 0.15) is 5.82 Å². The van der Waals surface area contributed by atoms with E-state index in [9.17, 15) is 14.7 Å². The van der Waals surface area contributed by atoms with Gasteiger partial charge in [0.05, 0.1) is 36.3 Å². The van der Waals surface area contributed by atoms with Gasteiger partial charge >= 0.3 is 5.97 Å². The summed E-state index contributed by atoms with van der Waals surface area (Å²) in [4.78, 5) is 29.6. The first kappa shape index (κ1) is 26.6. The highest BCUT2D eigenvalue weighted by atomic mass is 16.5. The molecule has 35 heavy (non-hydrogen) atoms. The highest BCUT2D eigenvalue weighted by molar-refractivity contribution is 5.81. The van der Waals surface area contributed by atoms with Crippen molar-refractivity contribution < 1.29 is 19.4 Å². The van der Waals surface area contributed by atoms with E-state index >= 15 is 0 Å². The number of rotatable bonds is 11. The Bertz CT molecular complexity index is 1200. The van der Waals surface area contributed by atoms with Gasteiger partial charge in [0.25, 0.3) is 5.56 Å².